The first-order valence-corrected chi connectivity index (χ1v) is 11.1. The predicted octanol–water partition coefficient (Wildman–Crippen LogP) is 3.74. The first kappa shape index (κ1) is 22.1. The minimum Gasteiger partial charge on any atom is -0.494 e. The molecule has 0 spiro atoms. The van der Waals surface area contributed by atoms with Crippen molar-refractivity contribution >= 4 is 29.1 Å². The SMILES string of the molecule is C=C(NC)c1cnc(NC(=O)C2CC2)nc1Nc1cccc(CC2CCOCC2)c1OC. The van der Waals surface area contributed by atoms with Gasteiger partial charge in [-0.1, -0.05) is 18.7 Å². The zero-order chi connectivity index (χ0) is 22.5. The molecule has 1 saturated heterocycles. The van der Waals surface area contributed by atoms with E-state index in [0.29, 0.717) is 23.0 Å². The summed E-state index contributed by atoms with van der Waals surface area (Å²) in [5.41, 5.74) is 3.34. The second-order valence-electron chi connectivity index (χ2n) is 8.33. The fourth-order valence-electron chi connectivity index (χ4n) is 3.92. The van der Waals surface area contributed by atoms with Gasteiger partial charge in [0.05, 0.1) is 18.4 Å². The highest BCUT2D eigenvalue weighted by molar-refractivity contribution is 5.93. The number of nitrogens with zero attached hydrogens (tertiary/aromatic N) is 2. The highest BCUT2D eigenvalue weighted by Crippen LogP contribution is 2.35. The summed E-state index contributed by atoms with van der Waals surface area (Å²) in [4.78, 5) is 21.1. The molecule has 0 unspecified atom stereocenters. The van der Waals surface area contributed by atoms with Crippen molar-refractivity contribution in [1.82, 2.24) is 15.3 Å². The normalized spacial score (nSPS) is 16.3. The van der Waals surface area contributed by atoms with Crippen LogP contribution >= 0.6 is 0 Å². The highest BCUT2D eigenvalue weighted by atomic mass is 16.5. The monoisotopic (exact) mass is 437 g/mol. The first-order valence-electron chi connectivity index (χ1n) is 11.1. The number of carbonyl (C=O) groups excluding carboxylic acids is 1. The molecule has 8 heteroatoms. The van der Waals surface area contributed by atoms with Crippen LogP contribution in [0.15, 0.2) is 31.0 Å². The zero-order valence-electron chi connectivity index (χ0n) is 18.7. The van der Waals surface area contributed by atoms with E-state index in [2.05, 4.69) is 38.6 Å². The second-order valence-corrected chi connectivity index (χ2v) is 8.33. The molecule has 4 rings (SSSR count). The quantitative estimate of drug-likeness (QED) is 0.550. The van der Waals surface area contributed by atoms with Crippen LogP contribution in [-0.4, -0.2) is 43.2 Å². The number of rotatable bonds is 9. The maximum Gasteiger partial charge on any atom is 0.231 e. The fraction of sp³-hybridized carbons (Fsp3) is 0.458. The van der Waals surface area contributed by atoms with Crippen LogP contribution in [0, 0.1) is 11.8 Å². The standard InChI is InChI=1S/C24H31N5O3/c1-15(25-2)19-14-26-24(29-23(30)17-7-8-17)28-22(19)27-20-6-4-5-18(21(20)31-3)13-16-9-11-32-12-10-16/h4-6,14,16-17,25H,1,7-13H2,2-3H3,(H2,26,27,28,29,30). The number of amides is 1. The molecule has 2 aliphatic rings. The lowest BCUT2D eigenvalue weighted by molar-refractivity contribution is -0.117. The first-order chi connectivity index (χ1) is 15.6. The number of hydrogen-bond acceptors (Lipinski definition) is 7. The fourth-order valence-corrected chi connectivity index (χ4v) is 3.92. The summed E-state index contributed by atoms with van der Waals surface area (Å²) < 4.78 is 11.3. The van der Waals surface area contributed by atoms with Gasteiger partial charge >= 0.3 is 0 Å². The molecular weight excluding hydrogens is 406 g/mol. The maximum absolute atomic E-state index is 12.2. The second kappa shape index (κ2) is 9.99. The number of benzene rings is 1. The van der Waals surface area contributed by atoms with E-state index >= 15 is 0 Å². The van der Waals surface area contributed by atoms with Crippen LogP contribution in [0.1, 0.15) is 36.8 Å². The average molecular weight is 438 g/mol. The summed E-state index contributed by atoms with van der Waals surface area (Å²) in [6.07, 6.45) is 6.55. The lowest BCUT2D eigenvalue weighted by Gasteiger charge is -2.23. The van der Waals surface area contributed by atoms with Crippen molar-refractivity contribution in [3.8, 4) is 5.75 Å². The molecule has 1 aliphatic heterocycles. The Balaban J connectivity index is 1.61. The molecule has 2 heterocycles. The molecule has 1 saturated carbocycles. The van der Waals surface area contributed by atoms with E-state index in [1.165, 1.54) is 0 Å². The number of anilines is 3. The van der Waals surface area contributed by atoms with Crippen molar-refractivity contribution in [2.24, 2.45) is 11.8 Å². The number of para-hydroxylation sites is 1. The van der Waals surface area contributed by atoms with Gasteiger partial charge in [0, 0.05) is 38.1 Å². The third-order valence-electron chi connectivity index (χ3n) is 6.00. The van der Waals surface area contributed by atoms with Gasteiger partial charge in [-0.25, -0.2) is 4.98 Å². The van der Waals surface area contributed by atoms with E-state index in [1.807, 2.05) is 12.1 Å². The molecule has 1 amide bonds. The van der Waals surface area contributed by atoms with E-state index in [4.69, 9.17) is 9.47 Å². The van der Waals surface area contributed by atoms with Crippen LogP contribution in [-0.2, 0) is 16.0 Å². The Morgan fingerprint density at radius 3 is 2.72 bits per heavy atom. The molecule has 0 atom stereocenters. The number of ether oxygens (including phenoxy) is 2. The van der Waals surface area contributed by atoms with Crippen LogP contribution in [0.3, 0.4) is 0 Å². The lowest BCUT2D eigenvalue weighted by Crippen LogP contribution is -2.18. The van der Waals surface area contributed by atoms with Crippen molar-refractivity contribution in [3.05, 3.63) is 42.1 Å². The Morgan fingerprint density at radius 2 is 2.03 bits per heavy atom. The van der Waals surface area contributed by atoms with Crippen molar-refractivity contribution in [1.29, 1.82) is 0 Å². The zero-order valence-corrected chi connectivity index (χ0v) is 18.7. The van der Waals surface area contributed by atoms with Gasteiger partial charge in [0.25, 0.3) is 0 Å². The van der Waals surface area contributed by atoms with Gasteiger partial charge in [0.15, 0.2) is 0 Å². The van der Waals surface area contributed by atoms with E-state index < -0.39 is 0 Å². The number of nitrogens with one attached hydrogen (secondary N) is 3. The average Bonchev–Trinajstić information content (AvgIpc) is 3.65. The van der Waals surface area contributed by atoms with E-state index in [9.17, 15) is 4.79 Å². The largest absolute Gasteiger partial charge is 0.494 e. The van der Waals surface area contributed by atoms with Gasteiger partial charge in [0.2, 0.25) is 11.9 Å². The molecule has 170 valence electrons. The predicted molar refractivity (Wildman–Crippen MR) is 125 cm³/mol. The van der Waals surface area contributed by atoms with E-state index in [-0.39, 0.29) is 17.8 Å². The molecule has 0 radical (unpaired) electrons. The molecule has 8 nitrogen and oxygen atoms in total. The van der Waals surface area contributed by atoms with Crippen molar-refractivity contribution in [2.45, 2.75) is 32.1 Å². The van der Waals surface area contributed by atoms with Gasteiger partial charge in [-0.05, 0) is 49.7 Å². The Kier molecular flexibility index (Phi) is 6.90. The summed E-state index contributed by atoms with van der Waals surface area (Å²) in [6.45, 7) is 5.68. The van der Waals surface area contributed by atoms with Crippen LogP contribution in [0.5, 0.6) is 5.75 Å². The smallest absolute Gasteiger partial charge is 0.231 e. The highest BCUT2D eigenvalue weighted by Gasteiger charge is 2.30. The molecule has 2 fully saturated rings. The van der Waals surface area contributed by atoms with Gasteiger partial charge in [-0.3, -0.25) is 10.1 Å². The molecule has 32 heavy (non-hydrogen) atoms. The summed E-state index contributed by atoms with van der Waals surface area (Å²) in [5.74, 6) is 2.23. The Hall–Kier alpha value is -3.13. The molecule has 1 aromatic heterocycles. The van der Waals surface area contributed by atoms with Gasteiger partial charge in [-0.15, -0.1) is 0 Å². The van der Waals surface area contributed by atoms with Crippen LogP contribution in [0.4, 0.5) is 17.5 Å². The number of aromatic nitrogens is 2. The van der Waals surface area contributed by atoms with E-state index in [0.717, 1.165) is 62.3 Å². The number of carbonyl (C=O) groups is 1. The summed E-state index contributed by atoms with van der Waals surface area (Å²) in [5, 5.41) is 9.25. The van der Waals surface area contributed by atoms with Crippen LogP contribution < -0.4 is 20.7 Å². The molecular formula is C24H31N5O3. The molecule has 3 N–H and O–H groups in total. The Bertz CT molecular complexity index is 984. The van der Waals surface area contributed by atoms with Crippen molar-refractivity contribution in [3.63, 3.8) is 0 Å². The van der Waals surface area contributed by atoms with Crippen molar-refractivity contribution in [2.75, 3.05) is 38.0 Å². The minimum atomic E-state index is -0.0350. The summed E-state index contributed by atoms with van der Waals surface area (Å²) >= 11 is 0. The Labute approximate surface area is 188 Å². The number of hydrogen-bond donors (Lipinski definition) is 3. The molecule has 1 aromatic carbocycles. The van der Waals surface area contributed by atoms with Gasteiger partial charge in [-0.2, -0.15) is 4.98 Å². The maximum atomic E-state index is 12.2. The molecule has 2 aromatic rings. The lowest BCUT2D eigenvalue weighted by atomic mass is 9.92. The number of methoxy groups -OCH3 is 1. The van der Waals surface area contributed by atoms with E-state index in [1.54, 1.807) is 20.4 Å². The van der Waals surface area contributed by atoms with Gasteiger partial charge in [0.1, 0.15) is 11.6 Å². The third-order valence-corrected chi connectivity index (χ3v) is 6.00. The van der Waals surface area contributed by atoms with Crippen LogP contribution in [0.25, 0.3) is 5.70 Å². The molecule has 0 bridgehead atoms. The Morgan fingerprint density at radius 1 is 1.25 bits per heavy atom. The summed E-state index contributed by atoms with van der Waals surface area (Å²) in [7, 11) is 3.48. The summed E-state index contributed by atoms with van der Waals surface area (Å²) in [6, 6.07) is 6.08. The minimum absolute atomic E-state index is 0.0350. The van der Waals surface area contributed by atoms with Crippen molar-refractivity contribution < 1.29 is 14.3 Å². The van der Waals surface area contributed by atoms with Gasteiger partial charge < -0.3 is 20.1 Å². The third kappa shape index (κ3) is 5.19. The van der Waals surface area contributed by atoms with Crippen LogP contribution in [0.2, 0.25) is 0 Å². The topological polar surface area (TPSA) is 97.4 Å². The molecule has 1 aliphatic carbocycles.